The van der Waals surface area contributed by atoms with Gasteiger partial charge in [0.05, 0.1) is 35.5 Å². The normalized spacial score (nSPS) is 22.4. The van der Waals surface area contributed by atoms with E-state index in [1.807, 2.05) is 35.9 Å². The molecule has 0 aromatic carbocycles. The number of nitrogens with one attached hydrogen (secondary N) is 1. The summed E-state index contributed by atoms with van der Waals surface area (Å²) in [6, 6.07) is 3.70. The van der Waals surface area contributed by atoms with Crippen molar-refractivity contribution in [1.82, 2.24) is 24.5 Å². The Morgan fingerprint density at radius 2 is 2.26 bits per heavy atom. The van der Waals surface area contributed by atoms with Crippen LogP contribution in [0.2, 0.25) is 5.02 Å². The largest absolute Gasteiger partial charge is 0.391 e. The molecule has 3 atom stereocenters. The summed E-state index contributed by atoms with van der Waals surface area (Å²) in [6.45, 7) is 2.68. The minimum Gasteiger partial charge on any atom is -0.391 e. The van der Waals surface area contributed by atoms with E-state index in [1.165, 1.54) is 0 Å². The van der Waals surface area contributed by atoms with Crippen molar-refractivity contribution in [3.8, 4) is 0 Å². The first kappa shape index (κ1) is 18.0. The van der Waals surface area contributed by atoms with Gasteiger partial charge < -0.3 is 14.8 Å². The Labute approximate surface area is 162 Å². The van der Waals surface area contributed by atoms with E-state index in [1.54, 1.807) is 17.1 Å². The SMILES string of the molecule is Cc1cccn2cc(CC(=O)N[C@@H]3CC(Cn4cc(Cl)cn4)C[C@H]3O)nc12. The average molecular weight is 388 g/mol. The van der Waals surface area contributed by atoms with Gasteiger partial charge in [0.1, 0.15) is 5.65 Å². The van der Waals surface area contributed by atoms with Crippen LogP contribution in [0, 0.1) is 12.8 Å². The molecule has 3 heterocycles. The fourth-order valence-electron chi connectivity index (χ4n) is 3.84. The Morgan fingerprint density at radius 3 is 3.00 bits per heavy atom. The van der Waals surface area contributed by atoms with Crippen molar-refractivity contribution in [1.29, 1.82) is 0 Å². The molecule has 1 aliphatic rings. The van der Waals surface area contributed by atoms with Gasteiger partial charge in [0.2, 0.25) is 5.91 Å². The number of carbonyl (C=O) groups is 1. The summed E-state index contributed by atoms with van der Waals surface area (Å²) in [6.07, 6.45) is 8.16. The second-order valence-electron chi connectivity index (χ2n) is 7.29. The predicted octanol–water partition coefficient (Wildman–Crippen LogP) is 1.99. The van der Waals surface area contributed by atoms with Gasteiger partial charge in [0.25, 0.3) is 0 Å². The molecular weight excluding hydrogens is 366 g/mol. The lowest BCUT2D eigenvalue weighted by atomic mass is 10.1. The van der Waals surface area contributed by atoms with Crippen molar-refractivity contribution in [2.45, 2.75) is 44.9 Å². The molecule has 0 aliphatic heterocycles. The minimum absolute atomic E-state index is 0.122. The summed E-state index contributed by atoms with van der Waals surface area (Å²) in [4.78, 5) is 17.0. The zero-order valence-electron chi connectivity index (χ0n) is 15.0. The molecule has 142 valence electrons. The first-order valence-electron chi connectivity index (χ1n) is 9.06. The molecule has 2 N–H and O–H groups in total. The van der Waals surface area contributed by atoms with E-state index >= 15 is 0 Å². The van der Waals surface area contributed by atoms with Crippen molar-refractivity contribution in [2.24, 2.45) is 5.92 Å². The molecule has 0 bridgehead atoms. The molecule has 1 saturated carbocycles. The number of nitrogens with zero attached hydrogens (tertiary/aromatic N) is 4. The van der Waals surface area contributed by atoms with Crippen molar-refractivity contribution >= 4 is 23.2 Å². The van der Waals surface area contributed by atoms with Gasteiger partial charge in [-0.15, -0.1) is 0 Å². The van der Waals surface area contributed by atoms with Gasteiger partial charge in [-0.1, -0.05) is 17.7 Å². The summed E-state index contributed by atoms with van der Waals surface area (Å²) in [5.74, 6) is 0.127. The first-order valence-corrected chi connectivity index (χ1v) is 9.44. The van der Waals surface area contributed by atoms with Crippen LogP contribution >= 0.6 is 11.6 Å². The summed E-state index contributed by atoms with van der Waals surface area (Å²) in [7, 11) is 0. The van der Waals surface area contributed by atoms with Crippen LogP contribution in [0.3, 0.4) is 0 Å². The second kappa shape index (κ2) is 7.32. The van der Waals surface area contributed by atoms with Gasteiger partial charge in [-0.2, -0.15) is 5.10 Å². The fraction of sp³-hybridized carbons (Fsp3) is 0.421. The molecule has 1 aliphatic carbocycles. The zero-order valence-corrected chi connectivity index (χ0v) is 15.8. The maximum atomic E-state index is 12.4. The molecule has 1 unspecified atom stereocenters. The molecule has 4 rings (SSSR count). The number of aliphatic hydroxyl groups is 1. The lowest BCUT2D eigenvalue weighted by Gasteiger charge is -2.16. The number of rotatable bonds is 5. The number of hydrogen-bond acceptors (Lipinski definition) is 4. The van der Waals surface area contributed by atoms with Crippen LogP contribution in [0.4, 0.5) is 0 Å². The topological polar surface area (TPSA) is 84.5 Å². The Bertz CT molecular complexity index is 966. The lowest BCUT2D eigenvalue weighted by Crippen LogP contribution is -2.40. The molecule has 3 aromatic rings. The third-order valence-corrected chi connectivity index (χ3v) is 5.28. The van der Waals surface area contributed by atoms with Crippen molar-refractivity contribution in [2.75, 3.05) is 0 Å². The van der Waals surface area contributed by atoms with E-state index in [2.05, 4.69) is 15.4 Å². The molecule has 1 fully saturated rings. The molecule has 0 saturated heterocycles. The number of halogens is 1. The summed E-state index contributed by atoms with van der Waals surface area (Å²) < 4.78 is 3.70. The Kier molecular flexibility index (Phi) is 4.88. The number of hydrogen-bond donors (Lipinski definition) is 2. The van der Waals surface area contributed by atoms with Crippen LogP contribution in [0.15, 0.2) is 36.9 Å². The number of aryl methyl sites for hydroxylation is 1. The van der Waals surface area contributed by atoms with E-state index < -0.39 is 6.10 Å². The van der Waals surface area contributed by atoms with Crippen LogP contribution in [-0.4, -0.2) is 42.3 Å². The highest BCUT2D eigenvalue weighted by Gasteiger charge is 2.34. The molecule has 0 spiro atoms. The van der Waals surface area contributed by atoms with E-state index in [0.29, 0.717) is 24.4 Å². The van der Waals surface area contributed by atoms with Gasteiger partial charge in [-0.05, 0) is 37.3 Å². The highest BCUT2D eigenvalue weighted by molar-refractivity contribution is 6.30. The fourth-order valence-corrected chi connectivity index (χ4v) is 3.99. The minimum atomic E-state index is -0.548. The molecule has 3 aromatic heterocycles. The molecule has 1 amide bonds. The van der Waals surface area contributed by atoms with Crippen LogP contribution in [0.1, 0.15) is 24.1 Å². The van der Waals surface area contributed by atoms with E-state index in [9.17, 15) is 9.90 Å². The van der Waals surface area contributed by atoms with Gasteiger partial charge in [0.15, 0.2) is 0 Å². The van der Waals surface area contributed by atoms with Crippen LogP contribution in [-0.2, 0) is 17.8 Å². The van der Waals surface area contributed by atoms with Gasteiger partial charge in [0, 0.05) is 25.1 Å². The average Bonchev–Trinajstić information content (AvgIpc) is 3.28. The maximum Gasteiger partial charge on any atom is 0.226 e. The van der Waals surface area contributed by atoms with Crippen LogP contribution < -0.4 is 5.32 Å². The van der Waals surface area contributed by atoms with Crippen molar-refractivity contribution in [3.63, 3.8) is 0 Å². The summed E-state index contributed by atoms with van der Waals surface area (Å²) in [5, 5.41) is 18.1. The number of amides is 1. The second-order valence-corrected chi connectivity index (χ2v) is 7.73. The maximum absolute atomic E-state index is 12.4. The molecule has 0 radical (unpaired) electrons. The lowest BCUT2D eigenvalue weighted by molar-refractivity contribution is -0.121. The summed E-state index contributed by atoms with van der Waals surface area (Å²) >= 11 is 5.89. The van der Waals surface area contributed by atoms with E-state index in [0.717, 1.165) is 16.9 Å². The monoisotopic (exact) mass is 387 g/mol. The quantitative estimate of drug-likeness (QED) is 0.701. The van der Waals surface area contributed by atoms with Gasteiger partial charge in [-0.25, -0.2) is 4.98 Å². The van der Waals surface area contributed by atoms with Crippen molar-refractivity contribution in [3.05, 3.63) is 53.2 Å². The number of fused-ring (bicyclic) bond motifs is 1. The van der Waals surface area contributed by atoms with Crippen molar-refractivity contribution < 1.29 is 9.90 Å². The van der Waals surface area contributed by atoms with E-state index in [-0.39, 0.29) is 24.3 Å². The highest BCUT2D eigenvalue weighted by atomic mass is 35.5. The third kappa shape index (κ3) is 3.99. The molecule has 8 heteroatoms. The molecule has 27 heavy (non-hydrogen) atoms. The van der Waals surface area contributed by atoms with Gasteiger partial charge >= 0.3 is 0 Å². The Morgan fingerprint density at radius 1 is 1.41 bits per heavy atom. The summed E-state index contributed by atoms with van der Waals surface area (Å²) in [5.41, 5.74) is 2.65. The standard InChI is InChI=1S/C19H22ClN5O2/c1-12-3-2-4-24-11-15(22-19(12)24)7-18(27)23-16-5-13(6-17(16)26)9-25-10-14(20)8-21-25/h2-4,8,10-11,13,16-17,26H,5-7,9H2,1H3,(H,23,27)/t13?,16-,17-/m1/s1. The van der Waals surface area contributed by atoms with Gasteiger partial charge in [-0.3, -0.25) is 9.48 Å². The Hall–Kier alpha value is -2.38. The Balaban J connectivity index is 1.35. The first-order chi connectivity index (χ1) is 13.0. The zero-order chi connectivity index (χ0) is 19.0. The molecule has 7 nitrogen and oxygen atoms in total. The number of aromatic nitrogens is 4. The number of carbonyl (C=O) groups excluding carboxylic acids is 1. The molecular formula is C19H22ClN5O2. The smallest absolute Gasteiger partial charge is 0.226 e. The van der Waals surface area contributed by atoms with E-state index in [4.69, 9.17) is 11.6 Å². The van der Waals surface area contributed by atoms with Crippen LogP contribution in [0.25, 0.3) is 5.65 Å². The number of imidazole rings is 1. The third-order valence-electron chi connectivity index (χ3n) is 5.09. The van der Waals surface area contributed by atoms with Crippen LogP contribution in [0.5, 0.6) is 0 Å². The highest BCUT2D eigenvalue weighted by Crippen LogP contribution is 2.28. The number of aliphatic hydroxyl groups excluding tert-OH is 1. The predicted molar refractivity (Wildman–Crippen MR) is 102 cm³/mol. The number of pyridine rings is 1.